The molecule has 17 heavy (non-hydrogen) atoms. The van der Waals surface area contributed by atoms with Gasteiger partial charge in [0.1, 0.15) is 0 Å². The van der Waals surface area contributed by atoms with Crippen LogP contribution in [-0.4, -0.2) is 31.3 Å². The third kappa shape index (κ3) is 2.40. The van der Waals surface area contributed by atoms with Gasteiger partial charge in [0.05, 0.1) is 10.9 Å². The van der Waals surface area contributed by atoms with Gasteiger partial charge < -0.3 is 16.0 Å². The van der Waals surface area contributed by atoms with Gasteiger partial charge in [0.15, 0.2) is 0 Å². The Hall–Kier alpha value is -1.20. The summed E-state index contributed by atoms with van der Waals surface area (Å²) in [6.07, 6.45) is 0. The van der Waals surface area contributed by atoms with Crippen molar-refractivity contribution in [2.45, 2.75) is 17.1 Å². The summed E-state index contributed by atoms with van der Waals surface area (Å²) in [6.45, 7) is 3.40. The number of benzene rings is 1. The monoisotopic (exact) mass is 251 g/mol. The van der Waals surface area contributed by atoms with Crippen molar-refractivity contribution < 1.29 is 4.79 Å². The molecule has 0 saturated carbocycles. The molecule has 1 heterocycles. The molecule has 0 aliphatic carbocycles. The fourth-order valence-corrected chi connectivity index (χ4v) is 2.92. The first kappa shape index (κ1) is 12.3. The number of carbonyl (C=O) groups excluding carboxylic acids is 1. The number of nitrogens with one attached hydrogen (secondary N) is 1. The van der Waals surface area contributed by atoms with Gasteiger partial charge in [-0.15, -0.1) is 11.8 Å². The topological polar surface area (TPSA) is 58.4 Å². The number of fused-ring (bicyclic) bond motifs is 1. The van der Waals surface area contributed by atoms with Crippen LogP contribution < -0.4 is 16.0 Å². The Morgan fingerprint density at radius 2 is 2.29 bits per heavy atom. The van der Waals surface area contributed by atoms with E-state index in [2.05, 4.69) is 5.32 Å². The first-order valence-electron chi connectivity index (χ1n) is 5.65. The molecule has 1 aliphatic rings. The molecule has 0 fully saturated rings. The normalized spacial score (nSPS) is 19.3. The predicted octanol–water partition coefficient (Wildman–Crippen LogP) is 1.32. The van der Waals surface area contributed by atoms with Gasteiger partial charge in [-0.2, -0.15) is 0 Å². The molecule has 1 aromatic rings. The summed E-state index contributed by atoms with van der Waals surface area (Å²) in [5.41, 5.74) is 7.42. The third-order valence-electron chi connectivity index (χ3n) is 2.78. The van der Waals surface area contributed by atoms with Crippen LogP contribution in [0.5, 0.6) is 0 Å². The van der Waals surface area contributed by atoms with Crippen LogP contribution in [0.15, 0.2) is 23.1 Å². The van der Waals surface area contributed by atoms with E-state index in [-0.39, 0.29) is 11.2 Å². The van der Waals surface area contributed by atoms with E-state index in [1.54, 1.807) is 11.8 Å². The molecule has 4 nitrogen and oxygen atoms in total. The highest BCUT2D eigenvalue weighted by Crippen LogP contribution is 2.39. The van der Waals surface area contributed by atoms with Gasteiger partial charge in [-0.05, 0) is 32.2 Å². The number of amides is 1. The minimum Gasteiger partial charge on any atom is -0.399 e. The quantitative estimate of drug-likeness (QED) is 0.795. The number of nitrogens with zero attached hydrogens (tertiary/aromatic N) is 1. The maximum absolute atomic E-state index is 12.1. The maximum atomic E-state index is 12.1. The zero-order valence-corrected chi connectivity index (χ0v) is 10.9. The molecule has 92 valence electrons. The van der Waals surface area contributed by atoms with Crippen molar-refractivity contribution in [2.24, 2.45) is 0 Å². The summed E-state index contributed by atoms with van der Waals surface area (Å²) in [5, 5.41) is 3.04. The Kier molecular flexibility index (Phi) is 3.59. The SMILES string of the molecule is CNCCN1C(=O)C(C)Sc2ccc(N)cc21. The Balaban J connectivity index is 2.36. The number of nitrogens with two attached hydrogens (primary N) is 1. The number of nitrogen functional groups attached to an aromatic ring is 1. The molecular formula is C12H17N3OS. The van der Waals surface area contributed by atoms with Crippen molar-refractivity contribution in [3.05, 3.63) is 18.2 Å². The summed E-state index contributed by atoms with van der Waals surface area (Å²) >= 11 is 1.60. The van der Waals surface area contributed by atoms with Crippen molar-refractivity contribution in [2.75, 3.05) is 30.8 Å². The summed E-state index contributed by atoms with van der Waals surface area (Å²) in [5.74, 6) is 0.156. The largest absolute Gasteiger partial charge is 0.399 e. The van der Waals surface area contributed by atoms with Gasteiger partial charge in [0.25, 0.3) is 0 Å². The molecule has 0 radical (unpaired) electrons. The van der Waals surface area contributed by atoms with Crippen molar-refractivity contribution in [1.82, 2.24) is 5.32 Å². The lowest BCUT2D eigenvalue weighted by molar-refractivity contribution is -0.118. The Morgan fingerprint density at radius 1 is 1.53 bits per heavy atom. The standard InChI is InChI=1S/C12H17N3OS/c1-8-12(16)15(6-5-14-2)10-7-9(13)3-4-11(10)17-8/h3-4,7-8,14H,5-6,13H2,1-2H3. The average Bonchev–Trinajstić information content (AvgIpc) is 2.31. The fourth-order valence-electron chi connectivity index (χ4n) is 1.88. The number of rotatable bonds is 3. The third-order valence-corrected chi connectivity index (χ3v) is 3.93. The molecule has 1 atom stereocenters. The zero-order chi connectivity index (χ0) is 12.4. The van der Waals surface area contributed by atoms with Crippen molar-refractivity contribution in [1.29, 1.82) is 0 Å². The highest BCUT2D eigenvalue weighted by molar-refractivity contribution is 8.00. The van der Waals surface area contributed by atoms with Crippen molar-refractivity contribution >= 4 is 29.0 Å². The molecule has 3 N–H and O–H groups in total. The van der Waals surface area contributed by atoms with Crippen molar-refractivity contribution in [3.8, 4) is 0 Å². The minimum absolute atomic E-state index is 0.0250. The fraction of sp³-hybridized carbons (Fsp3) is 0.417. The van der Waals surface area contributed by atoms with Crippen LogP contribution in [0, 0.1) is 0 Å². The van der Waals surface area contributed by atoms with E-state index in [0.717, 1.165) is 17.1 Å². The summed E-state index contributed by atoms with van der Waals surface area (Å²) < 4.78 is 0. The molecule has 1 aliphatic heterocycles. The smallest absolute Gasteiger partial charge is 0.240 e. The van der Waals surface area contributed by atoms with Crippen molar-refractivity contribution in [3.63, 3.8) is 0 Å². The number of likely N-dealkylation sites (N-methyl/N-ethyl adjacent to an activating group) is 1. The Morgan fingerprint density at radius 3 is 3.00 bits per heavy atom. The highest BCUT2D eigenvalue weighted by Gasteiger charge is 2.30. The van der Waals surface area contributed by atoms with Gasteiger partial charge >= 0.3 is 0 Å². The van der Waals surface area contributed by atoms with Crippen LogP contribution in [0.4, 0.5) is 11.4 Å². The lowest BCUT2D eigenvalue weighted by Crippen LogP contribution is -2.43. The average molecular weight is 251 g/mol. The maximum Gasteiger partial charge on any atom is 0.240 e. The molecule has 1 aromatic carbocycles. The number of hydrogen-bond donors (Lipinski definition) is 2. The van der Waals surface area contributed by atoms with E-state index >= 15 is 0 Å². The lowest BCUT2D eigenvalue weighted by atomic mass is 10.2. The minimum atomic E-state index is -0.0250. The van der Waals surface area contributed by atoms with E-state index in [1.807, 2.05) is 37.1 Å². The lowest BCUT2D eigenvalue weighted by Gasteiger charge is -2.32. The molecule has 1 unspecified atom stereocenters. The van der Waals surface area contributed by atoms with Gasteiger partial charge in [0.2, 0.25) is 5.91 Å². The Bertz CT molecular complexity index is 436. The van der Waals surface area contributed by atoms with E-state index < -0.39 is 0 Å². The predicted molar refractivity (Wildman–Crippen MR) is 72.5 cm³/mol. The van der Waals surface area contributed by atoms with E-state index in [0.29, 0.717) is 12.2 Å². The van der Waals surface area contributed by atoms with Gasteiger partial charge in [-0.3, -0.25) is 4.79 Å². The molecule has 0 aromatic heterocycles. The van der Waals surface area contributed by atoms with E-state index in [9.17, 15) is 4.79 Å². The summed E-state index contributed by atoms with van der Waals surface area (Å²) in [4.78, 5) is 15.1. The second-order valence-corrected chi connectivity index (χ2v) is 5.46. The second kappa shape index (κ2) is 4.98. The van der Waals surface area contributed by atoms with Crippen LogP contribution in [0.2, 0.25) is 0 Å². The number of carbonyl (C=O) groups is 1. The van der Waals surface area contributed by atoms with Crippen LogP contribution in [0.1, 0.15) is 6.92 Å². The summed E-state index contributed by atoms with van der Waals surface area (Å²) in [6, 6.07) is 5.75. The first-order chi connectivity index (χ1) is 8.13. The number of hydrogen-bond acceptors (Lipinski definition) is 4. The second-order valence-electron chi connectivity index (χ2n) is 4.08. The number of anilines is 2. The van der Waals surface area contributed by atoms with Crippen LogP contribution in [-0.2, 0) is 4.79 Å². The molecule has 5 heteroatoms. The molecule has 2 rings (SSSR count). The molecule has 0 spiro atoms. The molecule has 1 amide bonds. The molecule has 0 saturated heterocycles. The number of thioether (sulfide) groups is 1. The summed E-state index contributed by atoms with van der Waals surface area (Å²) in [7, 11) is 1.88. The molecular weight excluding hydrogens is 234 g/mol. The van der Waals surface area contributed by atoms with Gasteiger partial charge in [-0.25, -0.2) is 0 Å². The van der Waals surface area contributed by atoms with Gasteiger partial charge in [-0.1, -0.05) is 0 Å². The van der Waals surface area contributed by atoms with Crippen LogP contribution in [0.25, 0.3) is 0 Å². The highest BCUT2D eigenvalue weighted by atomic mass is 32.2. The van der Waals surface area contributed by atoms with E-state index in [4.69, 9.17) is 5.73 Å². The van der Waals surface area contributed by atoms with E-state index in [1.165, 1.54) is 0 Å². The van der Waals surface area contributed by atoms with Crippen LogP contribution >= 0.6 is 11.8 Å². The zero-order valence-electron chi connectivity index (χ0n) is 10.1. The Labute approximate surface area is 106 Å². The first-order valence-corrected chi connectivity index (χ1v) is 6.53. The molecule has 0 bridgehead atoms. The van der Waals surface area contributed by atoms with Gasteiger partial charge in [0, 0.05) is 23.7 Å². The van der Waals surface area contributed by atoms with Crippen LogP contribution in [0.3, 0.4) is 0 Å².